The molecule has 2 heterocycles. The predicted molar refractivity (Wildman–Crippen MR) is 52.7 cm³/mol. The molecule has 1 amide bonds. The van der Waals surface area contributed by atoms with Crippen molar-refractivity contribution in [2.24, 2.45) is 5.92 Å². The van der Waals surface area contributed by atoms with Gasteiger partial charge in [0.1, 0.15) is 5.01 Å². The molecule has 76 valence electrons. The van der Waals surface area contributed by atoms with E-state index < -0.39 is 0 Å². The monoisotopic (exact) mass is 212 g/mol. The van der Waals surface area contributed by atoms with Gasteiger partial charge in [-0.05, 0) is 0 Å². The number of rotatable bonds is 3. The number of aliphatic hydroxyl groups excluding tert-OH is 1. The van der Waals surface area contributed by atoms with Gasteiger partial charge < -0.3 is 10.0 Å². The van der Waals surface area contributed by atoms with Gasteiger partial charge in [0.25, 0.3) is 0 Å². The van der Waals surface area contributed by atoms with Gasteiger partial charge in [0.05, 0.1) is 6.54 Å². The van der Waals surface area contributed by atoms with E-state index in [1.165, 1.54) is 0 Å². The van der Waals surface area contributed by atoms with E-state index in [1.54, 1.807) is 22.4 Å². The topological polar surface area (TPSA) is 53.4 Å². The average molecular weight is 212 g/mol. The smallest absolute Gasteiger partial charge is 0.223 e. The van der Waals surface area contributed by atoms with Crippen molar-refractivity contribution < 1.29 is 9.90 Å². The maximum atomic E-state index is 11.5. The first-order valence-corrected chi connectivity index (χ1v) is 5.44. The van der Waals surface area contributed by atoms with E-state index in [4.69, 9.17) is 5.11 Å². The van der Waals surface area contributed by atoms with E-state index in [1.807, 2.05) is 5.38 Å². The third kappa shape index (κ3) is 1.93. The Morgan fingerprint density at radius 3 is 3.14 bits per heavy atom. The van der Waals surface area contributed by atoms with Crippen LogP contribution >= 0.6 is 11.3 Å². The molecule has 0 aromatic carbocycles. The Labute approximate surface area is 86.2 Å². The summed E-state index contributed by atoms with van der Waals surface area (Å²) in [6.07, 6.45) is 2.21. The molecule has 1 aromatic rings. The second kappa shape index (κ2) is 4.06. The normalized spacial score (nSPS) is 21.9. The largest absolute Gasteiger partial charge is 0.396 e. The molecule has 4 nitrogen and oxygen atoms in total. The molecule has 1 atom stereocenters. The first-order chi connectivity index (χ1) is 6.79. The predicted octanol–water partition coefficient (Wildman–Crippen LogP) is 0.484. The third-order valence-electron chi connectivity index (χ3n) is 2.36. The molecule has 2 rings (SSSR count). The van der Waals surface area contributed by atoms with Crippen LogP contribution < -0.4 is 0 Å². The van der Waals surface area contributed by atoms with Crippen molar-refractivity contribution in [2.45, 2.75) is 13.0 Å². The molecular formula is C9H12N2O2S. The van der Waals surface area contributed by atoms with Crippen LogP contribution in [0.4, 0.5) is 0 Å². The highest BCUT2D eigenvalue weighted by atomic mass is 32.1. The summed E-state index contributed by atoms with van der Waals surface area (Å²) in [5.41, 5.74) is 0. The molecule has 14 heavy (non-hydrogen) atoms. The van der Waals surface area contributed by atoms with Crippen molar-refractivity contribution in [1.82, 2.24) is 9.88 Å². The summed E-state index contributed by atoms with van der Waals surface area (Å²) in [4.78, 5) is 17.4. The minimum Gasteiger partial charge on any atom is -0.396 e. The van der Waals surface area contributed by atoms with Crippen LogP contribution in [-0.4, -0.2) is 34.0 Å². The zero-order valence-corrected chi connectivity index (χ0v) is 8.54. The number of hydrogen-bond donors (Lipinski definition) is 1. The van der Waals surface area contributed by atoms with Crippen LogP contribution in [0.25, 0.3) is 0 Å². The number of hydrogen-bond acceptors (Lipinski definition) is 4. The maximum absolute atomic E-state index is 11.5. The van der Waals surface area contributed by atoms with Crippen LogP contribution in [0.5, 0.6) is 0 Å². The highest BCUT2D eigenvalue weighted by Gasteiger charge is 2.29. The van der Waals surface area contributed by atoms with Crippen LogP contribution in [-0.2, 0) is 11.3 Å². The summed E-state index contributed by atoms with van der Waals surface area (Å²) in [6, 6.07) is 0. The van der Waals surface area contributed by atoms with Crippen molar-refractivity contribution in [1.29, 1.82) is 0 Å². The summed E-state index contributed by atoms with van der Waals surface area (Å²) in [5.74, 6) is 0.238. The summed E-state index contributed by atoms with van der Waals surface area (Å²) in [6.45, 7) is 1.35. The number of aromatic nitrogens is 1. The molecule has 1 saturated heterocycles. The van der Waals surface area contributed by atoms with E-state index in [0.29, 0.717) is 19.5 Å². The highest BCUT2D eigenvalue weighted by molar-refractivity contribution is 7.09. The SMILES string of the molecule is O=C1CC(CO)CN1Cc1nccs1. The molecule has 1 unspecified atom stereocenters. The van der Waals surface area contributed by atoms with Crippen molar-refractivity contribution >= 4 is 17.2 Å². The number of thiazole rings is 1. The van der Waals surface area contributed by atoms with E-state index >= 15 is 0 Å². The van der Waals surface area contributed by atoms with Crippen LogP contribution in [0.15, 0.2) is 11.6 Å². The molecule has 1 N–H and O–H groups in total. The summed E-state index contributed by atoms with van der Waals surface area (Å²) < 4.78 is 0. The van der Waals surface area contributed by atoms with Gasteiger partial charge >= 0.3 is 0 Å². The fourth-order valence-electron chi connectivity index (χ4n) is 1.62. The van der Waals surface area contributed by atoms with E-state index in [-0.39, 0.29) is 18.4 Å². The standard InChI is InChI=1S/C9H12N2O2S/c12-6-7-3-9(13)11(4-7)5-8-10-1-2-14-8/h1-2,7,12H,3-6H2. The lowest BCUT2D eigenvalue weighted by Crippen LogP contribution is -2.24. The molecular weight excluding hydrogens is 200 g/mol. The molecule has 0 aliphatic carbocycles. The molecule has 1 aliphatic rings. The second-order valence-electron chi connectivity index (χ2n) is 3.45. The van der Waals surface area contributed by atoms with E-state index in [9.17, 15) is 4.79 Å². The van der Waals surface area contributed by atoms with Gasteiger partial charge in [-0.25, -0.2) is 4.98 Å². The maximum Gasteiger partial charge on any atom is 0.223 e. The number of nitrogens with zero attached hydrogens (tertiary/aromatic N) is 2. The molecule has 1 fully saturated rings. The Morgan fingerprint density at radius 2 is 2.57 bits per heavy atom. The molecule has 5 heteroatoms. The van der Waals surface area contributed by atoms with E-state index in [2.05, 4.69) is 4.98 Å². The lowest BCUT2D eigenvalue weighted by Gasteiger charge is -2.13. The molecule has 1 aliphatic heterocycles. The van der Waals surface area contributed by atoms with Crippen LogP contribution in [0.2, 0.25) is 0 Å². The molecule has 1 aromatic heterocycles. The summed E-state index contributed by atoms with van der Waals surface area (Å²) in [7, 11) is 0. The van der Waals surface area contributed by atoms with Gasteiger partial charge in [-0.1, -0.05) is 0 Å². The van der Waals surface area contributed by atoms with Crippen molar-refractivity contribution in [3.05, 3.63) is 16.6 Å². The van der Waals surface area contributed by atoms with Crippen LogP contribution in [0, 0.1) is 5.92 Å². The van der Waals surface area contributed by atoms with Gasteiger partial charge in [0, 0.05) is 37.1 Å². The number of aliphatic hydroxyl groups is 1. The van der Waals surface area contributed by atoms with Crippen LogP contribution in [0.3, 0.4) is 0 Å². The van der Waals surface area contributed by atoms with Gasteiger partial charge in [0.15, 0.2) is 0 Å². The molecule has 0 spiro atoms. The first kappa shape index (κ1) is 9.61. The summed E-state index contributed by atoms with van der Waals surface area (Å²) >= 11 is 1.55. The van der Waals surface area contributed by atoms with Gasteiger partial charge in [-0.2, -0.15) is 0 Å². The Bertz CT molecular complexity index is 313. The van der Waals surface area contributed by atoms with Gasteiger partial charge in [0.2, 0.25) is 5.91 Å². The van der Waals surface area contributed by atoms with Crippen molar-refractivity contribution in [2.75, 3.05) is 13.2 Å². The van der Waals surface area contributed by atoms with Crippen molar-refractivity contribution in [3.63, 3.8) is 0 Å². The fraction of sp³-hybridized carbons (Fsp3) is 0.556. The van der Waals surface area contributed by atoms with Crippen LogP contribution in [0.1, 0.15) is 11.4 Å². The third-order valence-corrected chi connectivity index (χ3v) is 3.13. The molecule has 0 bridgehead atoms. The molecule has 0 saturated carbocycles. The van der Waals surface area contributed by atoms with E-state index in [0.717, 1.165) is 5.01 Å². The zero-order chi connectivity index (χ0) is 9.97. The minimum absolute atomic E-state index is 0.0973. The number of likely N-dealkylation sites (tertiary alicyclic amines) is 1. The zero-order valence-electron chi connectivity index (χ0n) is 7.72. The lowest BCUT2D eigenvalue weighted by atomic mass is 10.1. The second-order valence-corrected chi connectivity index (χ2v) is 4.43. The van der Waals surface area contributed by atoms with Crippen molar-refractivity contribution in [3.8, 4) is 0 Å². The Morgan fingerprint density at radius 1 is 1.71 bits per heavy atom. The number of carbonyl (C=O) groups excluding carboxylic acids is 1. The Hall–Kier alpha value is -0.940. The van der Waals surface area contributed by atoms with Gasteiger partial charge in [-0.15, -0.1) is 11.3 Å². The highest BCUT2D eigenvalue weighted by Crippen LogP contribution is 2.20. The first-order valence-electron chi connectivity index (χ1n) is 4.56. The lowest BCUT2D eigenvalue weighted by molar-refractivity contribution is -0.128. The average Bonchev–Trinajstić information content (AvgIpc) is 2.78. The number of carbonyl (C=O) groups is 1. The summed E-state index contributed by atoms with van der Waals surface area (Å²) in [5, 5.41) is 11.8. The minimum atomic E-state index is 0.0973. The fourth-order valence-corrected chi connectivity index (χ4v) is 2.25. The van der Waals surface area contributed by atoms with Gasteiger partial charge in [-0.3, -0.25) is 4.79 Å². The quantitative estimate of drug-likeness (QED) is 0.793. The molecule has 0 radical (unpaired) electrons. The Kier molecular flexibility index (Phi) is 2.79. The Balaban J connectivity index is 1.96. The number of amides is 1.